The first-order valence-electron chi connectivity index (χ1n) is 4.46. The minimum atomic E-state index is -0.799. The van der Waals surface area contributed by atoms with Gasteiger partial charge in [0.2, 0.25) is 5.91 Å². The average Bonchev–Trinajstić information content (AvgIpc) is 2.78. The minimum Gasteiger partial charge on any atom is -0.325 e. The van der Waals surface area contributed by atoms with E-state index in [0.717, 1.165) is 0 Å². The molecule has 1 saturated heterocycles. The van der Waals surface area contributed by atoms with Crippen molar-refractivity contribution in [2.45, 2.75) is 12.5 Å². The van der Waals surface area contributed by atoms with Crippen molar-refractivity contribution < 1.29 is 14.4 Å². The van der Waals surface area contributed by atoms with Gasteiger partial charge in [0.15, 0.2) is 5.13 Å². The van der Waals surface area contributed by atoms with E-state index in [-0.39, 0.29) is 12.3 Å². The summed E-state index contributed by atoms with van der Waals surface area (Å²) in [5.74, 6) is -0.850. The molecule has 7 nitrogen and oxygen atoms in total. The van der Waals surface area contributed by atoms with Crippen molar-refractivity contribution in [1.82, 2.24) is 15.6 Å². The van der Waals surface area contributed by atoms with E-state index in [1.807, 2.05) is 5.32 Å². The Morgan fingerprint density at radius 2 is 2.38 bits per heavy atom. The van der Waals surface area contributed by atoms with Crippen molar-refractivity contribution in [3.8, 4) is 0 Å². The highest BCUT2D eigenvalue weighted by Gasteiger charge is 2.31. The fourth-order valence-corrected chi connectivity index (χ4v) is 1.79. The molecule has 0 aliphatic carbocycles. The summed E-state index contributed by atoms with van der Waals surface area (Å²) in [7, 11) is 0. The Kier molecular flexibility index (Phi) is 2.82. The number of anilines is 1. The van der Waals surface area contributed by atoms with Gasteiger partial charge < -0.3 is 10.6 Å². The van der Waals surface area contributed by atoms with Gasteiger partial charge in [0.05, 0.1) is 6.42 Å². The molecule has 0 spiro atoms. The Bertz CT molecular complexity index is 431. The van der Waals surface area contributed by atoms with Crippen molar-refractivity contribution in [2.24, 2.45) is 0 Å². The van der Waals surface area contributed by atoms with Gasteiger partial charge in [-0.25, -0.2) is 9.78 Å². The average molecular weight is 240 g/mol. The van der Waals surface area contributed by atoms with Crippen LogP contribution in [0.1, 0.15) is 6.42 Å². The molecule has 3 N–H and O–H groups in total. The van der Waals surface area contributed by atoms with E-state index < -0.39 is 18.0 Å². The number of nitrogens with zero attached hydrogens (tertiary/aromatic N) is 1. The molecule has 0 unspecified atom stereocenters. The molecular formula is C8H8N4O3S. The SMILES string of the molecule is O=C(C[C@@H]1NC(=O)NC1=O)Nc1nccs1. The van der Waals surface area contributed by atoms with Crippen molar-refractivity contribution in [1.29, 1.82) is 0 Å². The lowest BCUT2D eigenvalue weighted by atomic mass is 10.2. The number of thiazole rings is 1. The summed E-state index contributed by atoms with van der Waals surface area (Å²) in [6, 6.07) is -1.37. The van der Waals surface area contributed by atoms with Gasteiger partial charge in [-0.05, 0) is 0 Å². The van der Waals surface area contributed by atoms with Gasteiger partial charge in [0.1, 0.15) is 6.04 Å². The summed E-state index contributed by atoms with van der Waals surface area (Å²) < 4.78 is 0. The lowest BCUT2D eigenvalue weighted by Crippen LogP contribution is -2.33. The highest BCUT2D eigenvalue weighted by atomic mass is 32.1. The number of rotatable bonds is 3. The zero-order valence-corrected chi connectivity index (χ0v) is 8.84. The van der Waals surface area contributed by atoms with Gasteiger partial charge in [-0.1, -0.05) is 0 Å². The number of carbonyl (C=O) groups is 3. The van der Waals surface area contributed by atoms with E-state index in [9.17, 15) is 14.4 Å². The van der Waals surface area contributed by atoms with Gasteiger partial charge >= 0.3 is 6.03 Å². The smallest absolute Gasteiger partial charge is 0.322 e. The Morgan fingerprint density at radius 1 is 1.56 bits per heavy atom. The molecule has 4 amide bonds. The third kappa shape index (κ3) is 2.34. The number of urea groups is 1. The van der Waals surface area contributed by atoms with Crippen molar-refractivity contribution in [2.75, 3.05) is 5.32 Å². The van der Waals surface area contributed by atoms with Gasteiger partial charge in [-0.3, -0.25) is 14.9 Å². The van der Waals surface area contributed by atoms with Crippen LogP contribution in [0, 0.1) is 0 Å². The number of hydrogen-bond acceptors (Lipinski definition) is 5. The molecule has 1 fully saturated rings. The van der Waals surface area contributed by atoms with Crippen LogP contribution in [-0.4, -0.2) is 28.9 Å². The maximum absolute atomic E-state index is 11.4. The normalized spacial score (nSPS) is 19.1. The van der Waals surface area contributed by atoms with Crippen LogP contribution < -0.4 is 16.0 Å². The number of imide groups is 1. The standard InChI is InChI=1S/C8H8N4O3S/c13-5(11-8-9-1-2-16-8)3-4-6(14)12-7(15)10-4/h1-2,4H,3H2,(H,9,11,13)(H2,10,12,14,15)/t4-/m0/s1. The van der Waals surface area contributed by atoms with Crippen LogP contribution in [0.5, 0.6) is 0 Å². The largest absolute Gasteiger partial charge is 0.325 e. The Balaban J connectivity index is 1.88. The number of nitrogens with one attached hydrogen (secondary N) is 3. The van der Waals surface area contributed by atoms with Crippen molar-refractivity contribution >= 4 is 34.3 Å². The number of carbonyl (C=O) groups excluding carboxylic acids is 3. The first-order valence-corrected chi connectivity index (χ1v) is 5.34. The van der Waals surface area contributed by atoms with E-state index in [4.69, 9.17) is 0 Å². The summed E-state index contributed by atoms with van der Waals surface area (Å²) in [5.41, 5.74) is 0. The van der Waals surface area contributed by atoms with Crippen molar-refractivity contribution in [3.05, 3.63) is 11.6 Å². The maximum atomic E-state index is 11.4. The maximum Gasteiger partial charge on any atom is 0.322 e. The predicted octanol–water partition coefficient (Wildman–Crippen LogP) is -0.320. The molecule has 1 aliphatic heterocycles. The molecule has 0 radical (unpaired) electrons. The summed E-state index contributed by atoms with van der Waals surface area (Å²) in [4.78, 5) is 37.2. The third-order valence-corrected chi connectivity index (χ3v) is 2.62. The molecule has 16 heavy (non-hydrogen) atoms. The quantitative estimate of drug-likeness (QED) is 0.630. The predicted molar refractivity (Wildman–Crippen MR) is 55.8 cm³/mol. The van der Waals surface area contributed by atoms with Gasteiger partial charge in [0.25, 0.3) is 5.91 Å². The van der Waals surface area contributed by atoms with Crippen LogP contribution in [0.4, 0.5) is 9.93 Å². The molecule has 84 valence electrons. The highest BCUT2D eigenvalue weighted by Crippen LogP contribution is 2.11. The molecule has 1 aromatic rings. The summed E-state index contributed by atoms with van der Waals surface area (Å²) >= 11 is 1.28. The van der Waals surface area contributed by atoms with Crippen LogP contribution in [0.3, 0.4) is 0 Å². The Labute approximate surface area is 94.2 Å². The molecule has 2 rings (SSSR count). The second-order valence-electron chi connectivity index (χ2n) is 3.10. The van der Waals surface area contributed by atoms with E-state index in [0.29, 0.717) is 5.13 Å². The van der Waals surface area contributed by atoms with E-state index >= 15 is 0 Å². The van der Waals surface area contributed by atoms with Crippen LogP contribution in [0.2, 0.25) is 0 Å². The molecule has 0 bridgehead atoms. The van der Waals surface area contributed by atoms with Crippen LogP contribution in [0.15, 0.2) is 11.6 Å². The van der Waals surface area contributed by atoms with E-state index in [1.54, 1.807) is 11.6 Å². The Morgan fingerprint density at radius 3 is 2.94 bits per heavy atom. The van der Waals surface area contributed by atoms with E-state index in [1.165, 1.54) is 11.3 Å². The molecule has 0 saturated carbocycles. The molecule has 1 aliphatic rings. The van der Waals surface area contributed by atoms with Gasteiger partial charge in [-0.2, -0.15) is 0 Å². The van der Waals surface area contributed by atoms with E-state index in [2.05, 4.69) is 15.6 Å². The summed E-state index contributed by atoms with van der Waals surface area (Å²) in [6.45, 7) is 0. The second-order valence-corrected chi connectivity index (χ2v) is 4.00. The fraction of sp³-hybridized carbons (Fsp3) is 0.250. The fourth-order valence-electron chi connectivity index (χ4n) is 1.24. The van der Waals surface area contributed by atoms with Crippen LogP contribution in [0.25, 0.3) is 0 Å². The first kappa shape index (κ1) is 10.6. The first-order chi connectivity index (χ1) is 7.65. The summed E-state index contributed by atoms with van der Waals surface area (Å²) in [5, 5.41) is 9.10. The number of aromatic nitrogens is 1. The van der Waals surface area contributed by atoms with Gasteiger partial charge in [-0.15, -0.1) is 11.3 Å². The molecule has 0 aromatic carbocycles. The molecule has 1 aromatic heterocycles. The molecule has 1 atom stereocenters. The van der Waals surface area contributed by atoms with Crippen LogP contribution in [-0.2, 0) is 9.59 Å². The minimum absolute atomic E-state index is 0.100. The third-order valence-electron chi connectivity index (χ3n) is 1.93. The molecule has 2 heterocycles. The zero-order valence-electron chi connectivity index (χ0n) is 8.02. The highest BCUT2D eigenvalue weighted by molar-refractivity contribution is 7.13. The number of hydrogen-bond donors (Lipinski definition) is 3. The Hall–Kier alpha value is -1.96. The topological polar surface area (TPSA) is 100 Å². The van der Waals surface area contributed by atoms with Gasteiger partial charge in [0, 0.05) is 11.6 Å². The molecule has 8 heteroatoms. The zero-order chi connectivity index (χ0) is 11.5. The van der Waals surface area contributed by atoms with Crippen LogP contribution >= 0.6 is 11.3 Å². The molecular weight excluding hydrogens is 232 g/mol. The number of amides is 4. The lowest BCUT2D eigenvalue weighted by Gasteiger charge is -2.05. The second kappa shape index (κ2) is 4.27. The van der Waals surface area contributed by atoms with Crippen molar-refractivity contribution in [3.63, 3.8) is 0 Å². The summed E-state index contributed by atoms with van der Waals surface area (Å²) in [6.07, 6.45) is 1.46. The lowest BCUT2D eigenvalue weighted by molar-refractivity contribution is -0.124. The monoisotopic (exact) mass is 240 g/mol.